The first-order valence-corrected chi connectivity index (χ1v) is 12.7. The van der Waals surface area contributed by atoms with Crippen LogP contribution in [-0.4, -0.2) is 9.49 Å². The summed E-state index contributed by atoms with van der Waals surface area (Å²) >= 11 is 8.62. The molecule has 0 saturated heterocycles. The third-order valence-electron chi connectivity index (χ3n) is 7.20. The summed E-state index contributed by atoms with van der Waals surface area (Å²) in [5.74, 6) is 0. The molecule has 0 amide bonds. The summed E-state index contributed by atoms with van der Waals surface area (Å²) in [5.41, 5.74) is 9.07. The number of allylic oxidation sites excluding steroid dienone is 4. The number of hydrogen-bond acceptors (Lipinski definition) is 3. The zero-order chi connectivity index (χ0) is 20.5. The van der Waals surface area contributed by atoms with Gasteiger partial charge in [-0.05, 0) is 90.8 Å². The van der Waals surface area contributed by atoms with Crippen molar-refractivity contribution in [3.63, 3.8) is 0 Å². The Balaban J connectivity index is 1.50. The van der Waals surface area contributed by atoms with Crippen LogP contribution in [-0.2, 0) is 0 Å². The first-order valence-electron chi connectivity index (χ1n) is 10.6. The van der Waals surface area contributed by atoms with Gasteiger partial charge in [-0.3, -0.25) is 0 Å². The van der Waals surface area contributed by atoms with Gasteiger partial charge >= 0.3 is 0 Å². The molecule has 0 nitrogen and oxygen atoms in total. The number of thioether (sulfide) groups is 2. The van der Waals surface area contributed by atoms with Crippen molar-refractivity contribution < 1.29 is 0 Å². The lowest BCUT2D eigenvalue weighted by Gasteiger charge is -2.47. The fourth-order valence-corrected chi connectivity index (χ4v) is 8.79. The van der Waals surface area contributed by atoms with E-state index in [1.54, 1.807) is 22.3 Å². The van der Waals surface area contributed by atoms with E-state index < -0.39 is 0 Å². The third-order valence-corrected chi connectivity index (χ3v) is 10.8. The summed E-state index contributed by atoms with van der Waals surface area (Å²) in [6, 6.07) is 19.6. The van der Waals surface area contributed by atoms with Crippen molar-refractivity contribution in [1.29, 1.82) is 0 Å². The number of hydrogen-bond donors (Lipinski definition) is 1. The van der Waals surface area contributed by atoms with Crippen LogP contribution in [0, 0.1) is 0 Å². The highest BCUT2D eigenvalue weighted by Gasteiger charge is 2.59. The highest BCUT2D eigenvalue weighted by molar-refractivity contribution is 8.14. The van der Waals surface area contributed by atoms with Crippen LogP contribution in [0.4, 0.5) is 0 Å². The average molecular weight is 445 g/mol. The maximum absolute atomic E-state index is 4.48. The van der Waals surface area contributed by atoms with Crippen LogP contribution in [0.1, 0.15) is 44.2 Å². The van der Waals surface area contributed by atoms with Crippen molar-refractivity contribution in [2.45, 2.75) is 47.5 Å². The lowest BCUT2D eigenvalue weighted by atomic mass is 9.72. The van der Waals surface area contributed by atoms with Crippen molar-refractivity contribution >= 4 is 46.0 Å². The lowest BCUT2D eigenvalue weighted by Crippen LogP contribution is -2.47. The van der Waals surface area contributed by atoms with E-state index in [1.807, 2.05) is 0 Å². The predicted molar refractivity (Wildman–Crippen MR) is 136 cm³/mol. The van der Waals surface area contributed by atoms with Crippen LogP contribution >= 0.6 is 36.2 Å². The van der Waals surface area contributed by atoms with E-state index in [-0.39, 0.29) is 9.49 Å². The van der Waals surface area contributed by atoms with Gasteiger partial charge < -0.3 is 0 Å². The Bertz CT molecular complexity index is 1180. The van der Waals surface area contributed by atoms with Gasteiger partial charge in [0.15, 0.2) is 0 Å². The minimum atomic E-state index is 0.0399. The van der Waals surface area contributed by atoms with E-state index >= 15 is 0 Å². The fourth-order valence-electron chi connectivity index (χ4n) is 5.46. The van der Waals surface area contributed by atoms with Crippen molar-refractivity contribution in [2.24, 2.45) is 0 Å². The first kappa shape index (κ1) is 19.2. The number of rotatable bonds is 2. The van der Waals surface area contributed by atoms with E-state index in [1.165, 1.54) is 40.2 Å². The Morgan fingerprint density at radius 2 is 1.20 bits per heavy atom. The van der Waals surface area contributed by atoms with Crippen LogP contribution in [0.5, 0.6) is 0 Å². The van der Waals surface area contributed by atoms with Crippen molar-refractivity contribution in [2.75, 3.05) is 0 Å². The van der Waals surface area contributed by atoms with E-state index in [0.717, 1.165) is 4.90 Å². The van der Waals surface area contributed by atoms with Crippen molar-refractivity contribution in [3.8, 4) is 0 Å². The van der Waals surface area contributed by atoms with Gasteiger partial charge in [-0.25, -0.2) is 0 Å². The van der Waals surface area contributed by atoms with Gasteiger partial charge in [-0.1, -0.05) is 42.5 Å². The molecule has 2 unspecified atom stereocenters. The molecule has 6 rings (SSSR count). The van der Waals surface area contributed by atoms with Gasteiger partial charge in [0.2, 0.25) is 0 Å². The van der Waals surface area contributed by atoms with Gasteiger partial charge in [0.1, 0.15) is 0 Å². The second kappa shape index (κ2) is 6.72. The predicted octanol–water partition coefficient (Wildman–Crippen LogP) is 8.16. The summed E-state index contributed by atoms with van der Waals surface area (Å²) in [4.78, 5) is 3.84. The van der Waals surface area contributed by atoms with E-state index in [9.17, 15) is 0 Å². The maximum atomic E-state index is 4.48. The van der Waals surface area contributed by atoms with Gasteiger partial charge in [0.25, 0.3) is 0 Å². The summed E-state index contributed by atoms with van der Waals surface area (Å²) in [6.07, 6.45) is 8.74. The van der Waals surface area contributed by atoms with Crippen LogP contribution in [0.25, 0.3) is 9.81 Å². The van der Waals surface area contributed by atoms with Crippen LogP contribution in [0.3, 0.4) is 0 Å². The summed E-state index contributed by atoms with van der Waals surface area (Å²) in [7, 11) is 0. The van der Waals surface area contributed by atoms with Crippen LogP contribution < -0.4 is 0 Å². The number of benzene rings is 2. The van der Waals surface area contributed by atoms with Crippen molar-refractivity contribution in [1.82, 2.24) is 0 Å². The first-order chi connectivity index (χ1) is 14.5. The summed E-state index contributed by atoms with van der Waals surface area (Å²) in [6.45, 7) is 4.97. The molecule has 4 aliphatic rings. The quantitative estimate of drug-likeness (QED) is 0.464. The average Bonchev–Trinajstić information content (AvgIpc) is 3.45. The largest absolute Gasteiger partial charge is 0.143 e. The SMILES string of the molecule is CC12SC(c3ccccc3)=CC1=C1CCCC1=C1C=C(c3ccc(S)cc3)SC12C. The highest BCUT2D eigenvalue weighted by atomic mass is 32.2. The van der Waals surface area contributed by atoms with Gasteiger partial charge in [-0.2, -0.15) is 0 Å². The second-order valence-electron chi connectivity index (χ2n) is 8.84. The molecule has 0 N–H and O–H groups in total. The molecule has 2 aromatic carbocycles. The molecule has 3 heteroatoms. The molecule has 2 heterocycles. The minimum absolute atomic E-state index is 0.0399. The Morgan fingerprint density at radius 1 is 0.700 bits per heavy atom. The molecule has 2 atom stereocenters. The zero-order valence-electron chi connectivity index (χ0n) is 17.2. The third kappa shape index (κ3) is 2.58. The van der Waals surface area contributed by atoms with E-state index in [2.05, 4.69) is 117 Å². The molecular weight excluding hydrogens is 420 g/mol. The van der Waals surface area contributed by atoms with Gasteiger partial charge in [0.05, 0.1) is 9.49 Å². The molecule has 1 saturated carbocycles. The second-order valence-corrected chi connectivity index (χ2v) is 12.3. The molecule has 0 radical (unpaired) electrons. The van der Waals surface area contributed by atoms with Gasteiger partial charge in [0, 0.05) is 14.7 Å². The van der Waals surface area contributed by atoms with Crippen LogP contribution in [0.15, 0.2) is 93.9 Å². The zero-order valence-corrected chi connectivity index (χ0v) is 19.8. The van der Waals surface area contributed by atoms with E-state index in [0.29, 0.717) is 0 Å². The van der Waals surface area contributed by atoms with E-state index in [4.69, 9.17) is 0 Å². The molecule has 30 heavy (non-hydrogen) atoms. The molecule has 2 aliphatic carbocycles. The Hall–Kier alpha value is -1.55. The van der Waals surface area contributed by atoms with Gasteiger partial charge in [-0.15, -0.1) is 36.2 Å². The normalized spacial score (nSPS) is 29.6. The minimum Gasteiger partial charge on any atom is -0.143 e. The molecule has 150 valence electrons. The Kier molecular flexibility index (Phi) is 4.29. The monoisotopic (exact) mass is 444 g/mol. The number of fused-ring (bicyclic) bond motifs is 4. The Labute approximate surface area is 193 Å². The summed E-state index contributed by atoms with van der Waals surface area (Å²) < 4.78 is 0.0846. The Morgan fingerprint density at radius 3 is 1.73 bits per heavy atom. The molecule has 0 spiro atoms. The standard InChI is InChI=1S/C27H24S3/c1-26-22(15-24(29-26)17-7-4-3-5-8-17)20-9-6-10-21(20)23-16-25(30-27(23,26)2)18-11-13-19(28)14-12-18/h3-5,7-8,11-16,28H,6,9-10H2,1-2H3. The molecular formula is C27H24S3. The summed E-state index contributed by atoms with van der Waals surface area (Å²) in [5, 5.41) is 0. The molecule has 0 bridgehead atoms. The van der Waals surface area contributed by atoms with Crippen molar-refractivity contribution in [3.05, 3.63) is 100 Å². The number of thiol groups is 1. The van der Waals surface area contributed by atoms with Crippen LogP contribution in [0.2, 0.25) is 0 Å². The molecule has 2 aliphatic heterocycles. The topological polar surface area (TPSA) is 0 Å². The fraction of sp³-hybridized carbons (Fsp3) is 0.259. The lowest BCUT2D eigenvalue weighted by molar-refractivity contribution is 0.607. The smallest absolute Gasteiger partial charge is 0.0618 e. The maximum Gasteiger partial charge on any atom is 0.0618 e. The highest BCUT2D eigenvalue weighted by Crippen LogP contribution is 2.70. The molecule has 1 fully saturated rings. The molecule has 0 aromatic heterocycles. The molecule has 2 aromatic rings.